The monoisotopic (exact) mass is 329 g/mol. The van der Waals surface area contributed by atoms with Gasteiger partial charge in [-0.05, 0) is 30.7 Å². The van der Waals surface area contributed by atoms with Crippen LogP contribution in [-0.2, 0) is 4.79 Å². The summed E-state index contributed by atoms with van der Waals surface area (Å²) >= 11 is 0. The van der Waals surface area contributed by atoms with E-state index in [-0.39, 0.29) is 18.0 Å². The SMILES string of the molecule is C[C@H]1CCCN(C(=O)N[C@H](CN2CCCC2=O)c2ccccc2)C1. The number of carbonyl (C=O) groups excluding carboxylic acids is 2. The second-order valence-corrected chi connectivity index (χ2v) is 7.05. The minimum absolute atomic E-state index is 0.0120. The Balaban J connectivity index is 1.69. The summed E-state index contributed by atoms with van der Waals surface area (Å²) < 4.78 is 0. The predicted octanol–water partition coefficient (Wildman–Crippen LogP) is 2.79. The molecule has 3 amide bonds. The van der Waals surface area contributed by atoms with Crippen LogP contribution in [0.25, 0.3) is 0 Å². The molecule has 3 rings (SSSR count). The van der Waals surface area contributed by atoms with Crippen molar-refractivity contribution >= 4 is 11.9 Å². The third kappa shape index (κ3) is 4.08. The van der Waals surface area contributed by atoms with E-state index in [2.05, 4.69) is 12.2 Å². The van der Waals surface area contributed by atoms with Crippen molar-refractivity contribution in [2.45, 2.75) is 38.6 Å². The molecule has 2 heterocycles. The van der Waals surface area contributed by atoms with E-state index in [9.17, 15) is 9.59 Å². The highest BCUT2D eigenvalue weighted by atomic mass is 16.2. The highest BCUT2D eigenvalue weighted by molar-refractivity contribution is 5.78. The largest absolute Gasteiger partial charge is 0.340 e. The summed E-state index contributed by atoms with van der Waals surface area (Å²) in [4.78, 5) is 28.5. The Labute approximate surface area is 144 Å². The van der Waals surface area contributed by atoms with Crippen molar-refractivity contribution in [2.24, 2.45) is 5.92 Å². The first-order chi connectivity index (χ1) is 11.6. The molecule has 24 heavy (non-hydrogen) atoms. The highest BCUT2D eigenvalue weighted by Crippen LogP contribution is 2.20. The van der Waals surface area contributed by atoms with E-state index in [1.165, 1.54) is 6.42 Å². The summed E-state index contributed by atoms with van der Waals surface area (Å²) in [5.41, 5.74) is 1.05. The quantitative estimate of drug-likeness (QED) is 0.923. The average Bonchev–Trinajstić information content (AvgIpc) is 3.00. The Kier molecular flexibility index (Phi) is 5.38. The molecule has 130 valence electrons. The molecule has 2 aliphatic rings. The summed E-state index contributed by atoms with van der Waals surface area (Å²) in [7, 11) is 0. The van der Waals surface area contributed by atoms with Crippen LogP contribution in [0.1, 0.15) is 44.2 Å². The van der Waals surface area contributed by atoms with Crippen LogP contribution in [0.5, 0.6) is 0 Å². The minimum atomic E-state index is -0.155. The van der Waals surface area contributed by atoms with E-state index in [0.717, 1.165) is 38.0 Å². The van der Waals surface area contributed by atoms with Gasteiger partial charge in [-0.1, -0.05) is 37.3 Å². The Morgan fingerprint density at radius 2 is 2.04 bits per heavy atom. The Morgan fingerprint density at radius 1 is 1.25 bits per heavy atom. The van der Waals surface area contributed by atoms with E-state index < -0.39 is 0 Å². The molecule has 1 N–H and O–H groups in total. The van der Waals surface area contributed by atoms with Gasteiger partial charge in [0.25, 0.3) is 0 Å². The third-order valence-corrected chi connectivity index (χ3v) is 5.02. The molecule has 0 saturated carbocycles. The summed E-state index contributed by atoms with van der Waals surface area (Å²) in [5, 5.41) is 3.16. The van der Waals surface area contributed by atoms with Gasteiger partial charge in [0.15, 0.2) is 0 Å². The number of piperidine rings is 1. The van der Waals surface area contributed by atoms with Crippen molar-refractivity contribution in [3.63, 3.8) is 0 Å². The van der Waals surface area contributed by atoms with Crippen LogP contribution >= 0.6 is 0 Å². The summed E-state index contributed by atoms with van der Waals surface area (Å²) in [6, 6.07) is 9.79. The van der Waals surface area contributed by atoms with Gasteiger partial charge in [0.05, 0.1) is 6.04 Å². The average molecular weight is 329 g/mol. The van der Waals surface area contributed by atoms with Crippen molar-refractivity contribution in [2.75, 3.05) is 26.2 Å². The fourth-order valence-electron chi connectivity index (χ4n) is 3.65. The molecule has 0 aromatic heterocycles. The first kappa shape index (κ1) is 16.8. The number of carbonyl (C=O) groups is 2. The zero-order valence-corrected chi connectivity index (χ0v) is 14.4. The molecule has 0 spiro atoms. The molecule has 2 fully saturated rings. The van der Waals surface area contributed by atoms with E-state index in [4.69, 9.17) is 0 Å². The lowest BCUT2D eigenvalue weighted by molar-refractivity contribution is -0.128. The zero-order valence-electron chi connectivity index (χ0n) is 14.4. The van der Waals surface area contributed by atoms with Crippen LogP contribution in [0.2, 0.25) is 0 Å². The van der Waals surface area contributed by atoms with Gasteiger partial charge in [0.2, 0.25) is 5.91 Å². The maximum atomic E-state index is 12.7. The predicted molar refractivity (Wildman–Crippen MR) is 93.5 cm³/mol. The number of hydrogen-bond donors (Lipinski definition) is 1. The van der Waals surface area contributed by atoms with Crippen LogP contribution in [0.4, 0.5) is 4.79 Å². The van der Waals surface area contributed by atoms with Gasteiger partial charge in [-0.15, -0.1) is 0 Å². The summed E-state index contributed by atoms with van der Waals surface area (Å²) in [6.07, 6.45) is 3.79. The second kappa shape index (κ2) is 7.69. The molecule has 2 aliphatic heterocycles. The molecule has 1 aromatic rings. The van der Waals surface area contributed by atoms with Gasteiger partial charge in [-0.3, -0.25) is 4.79 Å². The number of nitrogens with one attached hydrogen (secondary N) is 1. The van der Waals surface area contributed by atoms with Crippen LogP contribution < -0.4 is 5.32 Å². The molecular formula is C19H27N3O2. The lowest BCUT2D eigenvalue weighted by atomic mass is 10.0. The van der Waals surface area contributed by atoms with Crippen LogP contribution in [-0.4, -0.2) is 47.9 Å². The molecular weight excluding hydrogens is 302 g/mol. The van der Waals surface area contributed by atoms with E-state index in [1.807, 2.05) is 40.1 Å². The van der Waals surface area contributed by atoms with Crippen molar-refractivity contribution in [3.8, 4) is 0 Å². The second-order valence-electron chi connectivity index (χ2n) is 7.05. The molecule has 5 nitrogen and oxygen atoms in total. The van der Waals surface area contributed by atoms with Gasteiger partial charge < -0.3 is 15.1 Å². The van der Waals surface area contributed by atoms with Crippen LogP contribution in [0.15, 0.2) is 30.3 Å². The van der Waals surface area contributed by atoms with Crippen molar-refractivity contribution in [1.29, 1.82) is 0 Å². The maximum Gasteiger partial charge on any atom is 0.317 e. The van der Waals surface area contributed by atoms with Crippen LogP contribution in [0.3, 0.4) is 0 Å². The number of urea groups is 1. The number of hydrogen-bond acceptors (Lipinski definition) is 2. The Bertz CT molecular complexity index is 575. The Morgan fingerprint density at radius 3 is 2.71 bits per heavy atom. The fraction of sp³-hybridized carbons (Fsp3) is 0.579. The van der Waals surface area contributed by atoms with E-state index >= 15 is 0 Å². The lowest BCUT2D eigenvalue weighted by Gasteiger charge is -2.33. The fourth-order valence-corrected chi connectivity index (χ4v) is 3.65. The number of rotatable bonds is 4. The molecule has 5 heteroatoms. The highest BCUT2D eigenvalue weighted by Gasteiger charge is 2.27. The van der Waals surface area contributed by atoms with Gasteiger partial charge in [0.1, 0.15) is 0 Å². The minimum Gasteiger partial charge on any atom is -0.340 e. The normalized spacial score (nSPS) is 22.5. The smallest absolute Gasteiger partial charge is 0.317 e. The molecule has 2 saturated heterocycles. The number of nitrogens with zero attached hydrogens (tertiary/aromatic N) is 2. The van der Waals surface area contributed by atoms with Crippen molar-refractivity contribution < 1.29 is 9.59 Å². The molecule has 0 bridgehead atoms. The summed E-state index contributed by atoms with van der Waals surface area (Å²) in [6.45, 7) is 5.17. The maximum absolute atomic E-state index is 12.7. The standard InChI is InChI=1S/C19H27N3O2/c1-15-7-5-12-22(13-15)19(24)20-17(16-8-3-2-4-9-16)14-21-11-6-10-18(21)23/h2-4,8-9,15,17H,5-7,10-14H2,1H3,(H,20,24)/t15-,17+/m0/s1. The van der Waals surface area contributed by atoms with Crippen molar-refractivity contribution in [1.82, 2.24) is 15.1 Å². The Hall–Kier alpha value is -2.04. The van der Waals surface area contributed by atoms with E-state index in [1.54, 1.807) is 0 Å². The first-order valence-corrected chi connectivity index (χ1v) is 9.01. The number of amides is 3. The number of likely N-dealkylation sites (tertiary alicyclic amines) is 2. The van der Waals surface area contributed by atoms with Crippen molar-refractivity contribution in [3.05, 3.63) is 35.9 Å². The topological polar surface area (TPSA) is 52.7 Å². The first-order valence-electron chi connectivity index (χ1n) is 9.01. The van der Waals surface area contributed by atoms with Crippen LogP contribution in [0, 0.1) is 5.92 Å². The zero-order chi connectivity index (χ0) is 16.9. The molecule has 0 radical (unpaired) electrons. The van der Waals surface area contributed by atoms with Gasteiger partial charge in [-0.25, -0.2) is 4.79 Å². The molecule has 1 aromatic carbocycles. The number of benzene rings is 1. The molecule has 0 aliphatic carbocycles. The van der Waals surface area contributed by atoms with E-state index in [0.29, 0.717) is 18.9 Å². The molecule has 2 atom stereocenters. The van der Waals surface area contributed by atoms with Gasteiger partial charge >= 0.3 is 6.03 Å². The van der Waals surface area contributed by atoms with Gasteiger partial charge in [-0.2, -0.15) is 0 Å². The third-order valence-electron chi connectivity index (χ3n) is 5.02. The lowest BCUT2D eigenvalue weighted by Crippen LogP contribution is -2.48. The molecule has 0 unspecified atom stereocenters. The summed E-state index contributed by atoms with van der Waals surface area (Å²) in [5.74, 6) is 0.747. The van der Waals surface area contributed by atoms with Gasteiger partial charge in [0, 0.05) is 32.6 Å².